The Kier molecular flexibility index (Phi) is 5.22. The number of nitrogens with one attached hydrogen (secondary N) is 1. The molecule has 4 rings (SSSR count). The number of amides is 1. The van der Waals surface area contributed by atoms with Gasteiger partial charge in [-0.1, -0.05) is 17.7 Å². The molecule has 1 aliphatic heterocycles. The first-order chi connectivity index (χ1) is 13.5. The van der Waals surface area contributed by atoms with Crippen LogP contribution < -0.4 is 4.72 Å². The Balaban J connectivity index is 1.73. The van der Waals surface area contributed by atoms with Gasteiger partial charge in [0.2, 0.25) is 0 Å². The predicted molar refractivity (Wildman–Crippen MR) is 109 cm³/mol. The summed E-state index contributed by atoms with van der Waals surface area (Å²) in [6.45, 7) is 1.27. The van der Waals surface area contributed by atoms with Crippen LogP contribution in [0, 0.1) is 0 Å². The molecule has 0 unspecified atom stereocenters. The number of anilines is 1. The third-order valence-corrected chi connectivity index (χ3v) is 7.02. The number of rotatable bonds is 4. The van der Waals surface area contributed by atoms with E-state index in [4.69, 9.17) is 11.6 Å². The monoisotopic (exact) mass is 436 g/mol. The number of fused-ring (bicyclic) bond motifs is 1. The highest BCUT2D eigenvalue weighted by Gasteiger charge is 2.27. The van der Waals surface area contributed by atoms with Gasteiger partial charge in [-0.05, 0) is 49.0 Å². The number of hydrogen-bond donors (Lipinski definition) is 1. The molecule has 10 heteroatoms. The zero-order valence-electron chi connectivity index (χ0n) is 14.8. The molecule has 146 valence electrons. The molecule has 1 amide bonds. The van der Waals surface area contributed by atoms with Gasteiger partial charge in [-0.3, -0.25) is 9.52 Å². The van der Waals surface area contributed by atoms with Crippen molar-refractivity contribution in [3.05, 3.63) is 47.2 Å². The minimum absolute atomic E-state index is 0.130. The molecule has 7 nitrogen and oxygen atoms in total. The quantitative estimate of drug-likeness (QED) is 0.672. The largest absolute Gasteiger partial charge is 0.339 e. The molecule has 0 spiro atoms. The lowest BCUT2D eigenvalue weighted by Gasteiger charge is -2.28. The van der Waals surface area contributed by atoms with E-state index >= 15 is 0 Å². The van der Waals surface area contributed by atoms with Crippen LogP contribution in [0.3, 0.4) is 0 Å². The summed E-state index contributed by atoms with van der Waals surface area (Å²) in [7, 11) is -4.04. The number of hydrogen-bond acceptors (Lipinski definition) is 6. The number of benzene rings is 1. The first kappa shape index (κ1) is 19.1. The fourth-order valence-corrected chi connectivity index (χ4v) is 5.43. The van der Waals surface area contributed by atoms with E-state index < -0.39 is 10.0 Å². The summed E-state index contributed by atoms with van der Waals surface area (Å²) >= 11 is 7.48. The van der Waals surface area contributed by atoms with E-state index in [0.29, 0.717) is 23.2 Å². The number of piperidine rings is 1. The van der Waals surface area contributed by atoms with Gasteiger partial charge in [0.1, 0.15) is 0 Å². The molecule has 0 aliphatic carbocycles. The SMILES string of the molecule is O=C(c1c(Cl)cccc1NS(=O)(=O)c1nccc2sncc12)N1CCCCC1. The lowest BCUT2D eigenvalue weighted by Crippen LogP contribution is -2.36. The summed E-state index contributed by atoms with van der Waals surface area (Å²) in [4.78, 5) is 18.8. The van der Waals surface area contributed by atoms with Crippen LogP contribution in [0.5, 0.6) is 0 Å². The van der Waals surface area contributed by atoms with Crippen molar-refractivity contribution in [1.82, 2.24) is 14.3 Å². The molecule has 1 N–H and O–H groups in total. The molecule has 3 heterocycles. The van der Waals surface area contributed by atoms with E-state index in [9.17, 15) is 13.2 Å². The summed E-state index contributed by atoms with van der Waals surface area (Å²) in [6.07, 6.45) is 5.82. The molecule has 1 aromatic carbocycles. The summed E-state index contributed by atoms with van der Waals surface area (Å²) in [6, 6.07) is 6.43. The van der Waals surface area contributed by atoms with E-state index in [-0.39, 0.29) is 27.2 Å². The number of sulfonamides is 1. The fourth-order valence-electron chi connectivity index (χ4n) is 3.26. The van der Waals surface area contributed by atoms with Gasteiger partial charge in [-0.2, -0.15) is 12.8 Å². The van der Waals surface area contributed by atoms with E-state index in [1.54, 1.807) is 23.1 Å². The second-order valence-corrected chi connectivity index (χ2v) is 9.31. The Morgan fingerprint density at radius 3 is 2.75 bits per heavy atom. The van der Waals surface area contributed by atoms with Crippen LogP contribution in [-0.4, -0.2) is 41.7 Å². The predicted octanol–water partition coefficient (Wildman–Crippen LogP) is 3.77. The van der Waals surface area contributed by atoms with Gasteiger partial charge < -0.3 is 4.90 Å². The Morgan fingerprint density at radius 2 is 1.96 bits per heavy atom. The summed E-state index contributed by atoms with van der Waals surface area (Å²) in [5.41, 5.74) is 0.301. The lowest BCUT2D eigenvalue weighted by molar-refractivity contribution is 0.0725. The Hall–Kier alpha value is -2.23. The standard InChI is InChI=1S/C18H17ClN4O3S2/c19-13-5-4-6-14(16(13)18(24)23-9-2-1-3-10-23)22-28(25,26)17-12-11-21-27-15(12)7-8-20-17/h4-8,11,22H,1-3,9-10H2. The number of likely N-dealkylation sites (tertiary alicyclic amines) is 1. The van der Waals surface area contributed by atoms with Gasteiger partial charge in [0.25, 0.3) is 15.9 Å². The van der Waals surface area contributed by atoms with Crippen molar-refractivity contribution in [1.29, 1.82) is 0 Å². The molecule has 2 aromatic heterocycles. The van der Waals surface area contributed by atoms with Gasteiger partial charge in [-0.25, -0.2) is 4.98 Å². The van der Waals surface area contributed by atoms with E-state index in [1.165, 1.54) is 30.0 Å². The topological polar surface area (TPSA) is 92.3 Å². The maximum Gasteiger partial charge on any atom is 0.280 e. The van der Waals surface area contributed by atoms with Gasteiger partial charge in [-0.15, -0.1) is 0 Å². The maximum absolute atomic E-state index is 13.0. The van der Waals surface area contributed by atoms with Crippen molar-refractivity contribution in [3.63, 3.8) is 0 Å². The van der Waals surface area contributed by atoms with Crippen molar-refractivity contribution in [2.24, 2.45) is 0 Å². The highest BCUT2D eigenvalue weighted by molar-refractivity contribution is 7.92. The molecule has 0 atom stereocenters. The lowest BCUT2D eigenvalue weighted by atomic mass is 10.1. The molecule has 1 fully saturated rings. The number of carbonyl (C=O) groups is 1. The Labute approximate surface area is 171 Å². The average Bonchev–Trinajstić information content (AvgIpc) is 3.17. The Bertz CT molecular complexity index is 1140. The third kappa shape index (κ3) is 3.57. The fraction of sp³-hybridized carbons (Fsp3) is 0.278. The summed E-state index contributed by atoms with van der Waals surface area (Å²) in [5.74, 6) is -0.272. The molecule has 0 bridgehead atoms. The highest BCUT2D eigenvalue weighted by Crippen LogP contribution is 2.30. The molecule has 0 saturated carbocycles. The number of aromatic nitrogens is 2. The molecule has 0 radical (unpaired) electrons. The van der Waals surface area contributed by atoms with Crippen LogP contribution in [0.1, 0.15) is 29.6 Å². The molecular formula is C18H17ClN4O3S2. The summed E-state index contributed by atoms with van der Waals surface area (Å²) in [5, 5.41) is 0.514. The van der Waals surface area contributed by atoms with Crippen LogP contribution in [0.4, 0.5) is 5.69 Å². The van der Waals surface area contributed by atoms with Crippen LogP contribution >= 0.6 is 23.1 Å². The first-order valence-corrected chi connectivity index (χ1v) is 11.4. The van der Waals surface area contributed by atoms with Gasteiger partial charge in [0, 0.05) is 19.3 Å². The average molecular weight is 437 g/mol. The first-order valence-electron chi connectivity index (χ1n) is 8.77. The molecule has 3 aromatic rings. The third-order valence-electron chi connectivity index (χ3n) is 4.62. The van der Waals surface area contributed by atoms with Gasteiger partial charge >= 0.3 is 0 Å². The number of pyridine rings is 1. The van der Waals surface area contributed by atoms with Crippen molar-refractivity contribution in [3.8, 4) is 0 Å². The molecular weight excluding hydrogens is 420 g/mol. The molecule has 1 aliphatic rings. The molecule has 28 heavy (non-hydrogen) atoms. The highest BCUT2D eigenvalue weighted by atomic mass is 35.5. The van der Waals surface area contributed by atoms with Crippen LogP contribution in [0.2, 0.25) is 5.02 Å². The van der Waals surface area contributed by atoms with Crippen molar-refractivity contribution >= 4 is 54.8 Å². The number of carbonyl (C=O) groups excluding carboxylic acids is 1. The second kappa shape index (κ2) is 7.65. The van der Waals surface area contributed by atoms with E-state index in [2.05, 4.69) is 14.1 Å². The van der Waals surface area contributed by atoms with Crippen molar-refractivity contribution < 1.29 is 13.2 Å². The smallest absolute Gasteiger partial charge is 0.280 e. The van der Waals surface area contributed by atoms with Crippen LogP contribution in [0.15, 0.2) is 41.7 Å². The van der Waals surface area contributed by atoms with Crippen LogP contribution in [-0.2, 0) is 10.0 Å². The number of nitrogens with zero attached hydrogens (tertiary/aromatic N) is 3. The zero-order valence-corrected chi connectivity index (χ0v) is 17.1. The summed E-state index contributed by atoms with van der Waals surface area (Å²) < 4.78 is 33.3. The zero-order chi connectivity index (χ0) is 19.7. The second-order valence-electron chi connectivity index (χ2n) is 6.47. The van der Waals surface area contributed by atoms with Gasteiger partial charge in [0.15, 0.2) is 5.03 Å². The van der Waals surface area contributed by atoms with E-state index in [0.717, 1.165) is 19.3 Å². The van der Waals surface area contributed by atoms with E-state index in [1.807, 2.05) is 0 Å². The Morgan fingerprint density at radius 1 is 1.18 bits per heavy atom. The van der Waals surface area contributed by atoms with Gasteiger partial charge in [0.05, 0.1) is 32.6 Å². The normalized spacial score (nSPS) is 15.0. The van der Waals surface area contributed by atoms with Crippen molar-refractivity contribution in [2.75, 3.05) is 17.8 Å². The maximum atomic E-state index is 13.0. The molecule has 1 saturated heterocycles. The van der Waals surface area contributed by atoms with Crippen LogP contribution in [0.25, 0.3) is 10.1 Å². The van der Waals surface area contributed by atoms with Crippen molar-refractivity contribution in [2.45, 2.75) is 24.3 Å². The number of halogens is 1. The minimum atomic E-state index is -4.04. The minimum Gasteiger partial charge on any atom is -0.339 e.